The summed E-state index contributed by atoms with van der Waals surface area (Å²) in [6.07, 6.45) is 0. The Morgan fingerprint density at radius 2 is 1.90 bits per heavy atom. The van der Waals surface area contributed by atoms with Gasteiger partial charge < -0.3 is 14.3 Å². The van der Waals surface area contributed by atoms with E-state index in [-0.39, 0.29) is 16.5 Å². The van der Waals surface area contributed by atoms with Gasteiger partial charge in [-0.3, -0.25) is 14.5 Å². The third-order valence-corrected chi connectivity index (χ3v) is 12.7. The fourth-order valence-corrected chi connectivity index (χ4v) is 6.47. The van der Waals surface area contributed by atoms with Crippen LogP contribution in [0.5, 0.6) is 0 Å². The van der Waals surface area contributed by atoms with E-state index in [1.165, 1.54) is 4.90 Å². The zero-order chi connectivity index (χ0) is 23.1. The number of halogens is 1. The highest BCUT2D eigenvalue weighted by Gasteiger charge is 2.61. The van der Waals surface area contributed by atoms with Gasteiger partial charge in [-0.2, -0.15) is 0 Å². The van der Waals surface area contributed by atoms with Crippen LogP contribution in [0.2, 0.25) is 18.1 Å². The monoisotopic (exact) mass is 526 g/mol. The first-order valence-corrected chi connectivity index (χ1v) is 15.4. The van der Waals surface area contributed by atoms with Crippen molar-refractivity contribution >= 4 is 53.2 Å². The average Bonchev–Trinajstić information content (AvgIpc) is 2.70. The molecule has 2 heterocycles. The quantitative estimate of drug-likeness (QED) is 0.275. The molecule has 0 saturated carbocycles. The summed E-state index contributed by atoms with van der Waals surface area (Å²) in [5.74, 6) is -1.30. The molecule has 0 aromatic heterocycles. The fraction of sp³-hybridized carbons (Fsp3) is 0.476. The molecule has 1 fully saturated rings. The van der Waals surface area contributed by atoms with Gasteiger partial charge >= 0.3 is 5.97 Å². The van der Waals surface area contributed by atoms with Crippen LogP contribution in [0.3, 0.4) is 0 Å². The van der Waals surface area contributed by atoms with E-state index < -0.39 is 48.7 Å². The molecule has 1 aromatic carbocycles. The Balaban J connectivity index is 1.85. The van der Waals surface area contributed by atoms with E-state index in [0.29, 0.717) is 16.5 Å². The van der Waals surface area contributed by atoms with Crippen LogP contribution >= 0.6 is 15.9 Å². The van der Waals surface area contributed by atoms with Gasteiger partial charge in [0.1, 0.15) is 11.4 Å². The molecule has 1 N–H and O–H groups in total. The van der Waals surface area contributed by atoms with E-state index in [1.807, 2.05) is 33.9 Å². The molecule has 3 rings (SSSR count). The highest BCUT2D eigenvalue weighted by molar-refractivity contribution is 9.09. The van der Waals surface area contributed by atoms with Crippen molar-refractivity contribution in [3.05, 3.63) is 47.2 Å². The number of amides is 2. The fourth-order valence-electron chi connectivity index (χ4n) is 3.19. The summed E-state index contributed by atoms with van der Waals surface area (Å²) >= 11 is 1.89. The zero-order valence-electron chi connectivity index (χ0n) is 18.2. The molecule has 0 bridgehead atoms. The molecule has 2 unspecified atom stereocenters. The molecular weight excluding hydrogens is 500 g/mol. The summed E-state index contributed by atoms with van der Waals surface area (Å²) in [4.78, 5) is 39.9. The number of fused-ring (bicyclic) bond motifs is 1. The number of nitrogens with zero attached hydrogens (tertiary/aromatic N) is 1. The standard InChI is InChI=1S/C21H27BrN2O5SSi/c1-21(2,3)31(4,5)29-20(27)16-14(11-22)12-30(28)19-15(18(26)24(16)19)23-17(25)13-9-7-6-8-10-13/h6-10,15,19H,11-12H2,1-5H3,(H,23,25)/t15?,19-,30?/m1/s1. The molecule has 7 nitrogen and oxygen atoms in total. The Morgan fingerprint density at radius 1 is 1.29 bits per heavy atom. The first kappa shape index (κ1) is 24.0. The van der Waals surface area contributed by atoms with E-state index in [1.54, 1.807) is 30.3 Å². The number of nitrogens with one attached hydrogen (secondary N) is 1. The Morgan fingerprint density at radius 3 is 2.45 bits per heavy atom. The smallest absolute Gasteiger partial charge is 0.342 e. The number of benzene rings is 1. The predicted molar refractivity (Wildman–Crippen MR) is 125 cm³/mol. The summed E-state index contributed by atoms with van der Waals surface area (Å²) in [5.41, 5.74) is 1.13. The number of β-lactam (4-membered cyclic amide) rings is 1. The summed E-state index contributed by atoms with van der Waals surface area (Å²) in [6.45, 7) is 9.98. The van der Waals surface area contributed by atoms with Crippen molar-refractivity contribution in [3.63, 3.8) is 0 Å². The maximum atomic E-state index is 13.2. The lowest BCUT2D eigenvalue weighted by Gasteiger charge is -2.49. The van der Waals surface area contributed by atoms with E-state index in [9.17, 15) is 18.9 Å². The van der Waals surface area contributed by atoms with Gasteiger partial charge in [-0.05, 0) is 41.4 Å². The number of rotatable bonds is 5. The number of carbonyl (C=O) groups excluding carboxylic acids is 3. The second kappa shape index (κ2) is 8.72. The summed E-state index contributed by atoms with van der Waals surface area (Å²) in [5, 5.41) is 2.00. The number of alkyl halides is 1. The lowest BCUT2D eigenvalue weighted by atomic mass is 10.0. The summed E-state index contributed by atoms with van der Waals surface area (Å²) in [7, 11) is -2.43. The van der Waals surface area contributed by atoms with Gasteiger partial charge in [0.2, 0.25) is 5.37 Å². The molecule has 3 atom stereocenters. The third kappa shape index (κ3) is 4.48. The molecule has 0 radical (unpaired) electrons. The largest absolute Gasteiger partial charge is 0.614 e. The number of hydrogen-bond donors (Lipinski definition) is 1. The van der Waals surface area contributed by atoms with E-state index >= 15 is 0 Å². The SMILES string of the molecule is CC(C)(C)[Si](C)(C)OC(=O)C1=C(CBr)C[S+]([O-])[C@@H]2C(NC(=O)c3ccccc3)C(=O)N12. The summed E-state index contributed by atoms with van der Waals surface area (Å²) in [6, 6.07) is 7.57. The second-order valence-corrected chi connectivity index (χ2v) is 16.0. The van der Waals surface area contributed by atoms with Gasteiger partial charge in [0.25, 0.3) is 20.1 Å². The van der Waals surface area contributed by atoms with E-state index in [2.05, 4.69) is 21.2 Å². The second-order valence-electron chi connectivity index (χ2n) is 9.18. The Bertz CT molecular complexity index is 931. The van der Waals surface area contributed by atoms with Crippen LogP contribution in [0.1, 0.15) is 31.1 Å². The normalized spacial score (nSPS) is 23.8. The van der Waals surface area contributed by atoms with Crippen LogP contribution < -0.4 is 5.32 Å². The minimum atomic E-state index is -2.43. The molecule has 1 saturated heterocycles. The van der Waals surface area contributed by atoms with Gasteiger partial charge in [0, 0.05) is 16.5 Å². The van der Waals surface area contributed by atoms with Gasteiger partial charge in [-0.1, -0.05) is 54.9 Å². The third-order valence-electron chi connectivity index (χ3n) is 6.04. The van der Waals surface area contributed by atoms with Crippen molar-refractivity contribution in [2.45, 2.75) is 50.3 Å². The maximum Gasteiger partial charge on any atom is 0.342 e. The van der Waals surface area contributed by atoms with Crippen molar-refractivity contribution < 1.29 is 23.4 Å². The first-order valence-electron chi connectivity index (χ1n) is 9.96. The maximum absolute atomic E-state index is 13.2. The van der Waals surface area contributed by atoms with Crippen LogP contribution in [-0.4, -0.2) is 58.1 Å². The van der Waals surface area contributed by atoms with Crippen molar-refractivity contribution in [3.8, 4) is 0 Å². The highest BCUT2D eigenvalue weighted by atomic mass is 79.9. The Kier molecular flexibility index (Phi) is 6.76. The number of carbonyl (C=O) groups is 3. The molecule has 10 heteroatoms. The molecule has 2 aliphatic heterocycles. The van der Waals surface area contributed by atoms with Crippen LogP contribution in [0.15, 0.2) is 41.6 Å². The van der Waals surface area contributed by atoms with E-state index in [0.717, 1.165) is 0 Å². The van der Waals surface area contributed by atoms with Crippen LogP contribution in [0.25, 0.3) is 0 Å². The average molecular weight is 528 g/mol. The van der Waals surface area contributed by atoms with Gasteiger partial charge in [-0.15, -0.1) is 0 Å². The first-order chi connectivity index (χ1) is 14.4. The van der Waals surface area contributed by atoms with Gasteiger partial charge in [0.05, 0.1) is 0 Å². The predicted octanol–water partition coefficient (Wildman–Crippen LogP) is 2.91. The number of hydrogen-bond acceptors (Lipinski definition) is 5. The molecule has 1 aromatic rings. The van der Waals surface area contributed by atoms with Crippen LogP contribution in [0, 0.1) is 0 Å². The Labute approximate surface area is 195 Å². The lowest BCUT2D eigenvalue weighted by molar-refractivity contribution is -0.148. The molecule has 31 heavy (non-hydrogen) atoms. The zero-order valence-corrected chi connectivity index (χ0v) is 21.6. The lowest BCUT2D eigenvalue weighted by Crippen LogP contribution is -2.75. The molecular formula is C21H27BrN2O5SSi. The van der Waals surface area contributed by atoms with Crippen molar-refractivity contribution in [2.24, 2.45) is 0 Å². The minimum absolute atomic E-state index is 0.138. The van der Waals surface area contributed by atoms with Crippen LogP contribution in [-0.2, 0) is 25.2 Å². The molecule has 0 aliphatic carbocycles. The molecule has 168 valence electrons. The molecule has 2 aliphatic rings. The van der Waals surface area contributed by atoms with Gasteiger partial charge in [-0.25, -0.2) is 4.79 Å². The molecule has 0 spiro atoms. The van der Waals surface area contributed by atoms with Crippen molar-refractivity contribution in [2.75, 3.05) is 11.1 Å². The Hall–Kier alpha value is -1.62. The van der Waals surface area contributed by atoms with Gasteiger partial charge in [0.15, 0.2) is 6.04 Å². The van der Waals surface area contributed by atoms with E-state index in [4.69, 9.17) is 4.43 Å². The highest BCUT2D eigenvalue weighted by Crippen LogP contribution is 2.41. The topological polar surface area (TPSA) is 98.8 Å². The minimum Gasteiger partial charge on any atom is -0.614 e. The molecule has 2 amide bonds. The van der Waals surface area contributed by atoms with Crippen LogP contribution in [0.4, 0.5) is 0 Å². The summed E-state index contributed by atoms with van der Waals surface area (Å²) < 4.78 is 18.8. The van der Waals surface area contributed by atoms with Crippen molar-refractivity contribution in [1.82, 2.24) is 10.2 Å². The van der Waals surface area contributed by atoms with Crippen molar-refractivity contribution in [1.29, 1.82) is 0 Å².